The van der Waals surface area contributed by atoms with E-state index in [9.17, 15) is 10.1 Å². The third-order valence-corrected chi connectivity index (χ3v) is 4.61. The summed E-state index contributed by atoms with van der Waals surface area (Å²) in [5.74, 6) is 0.537. The fourth-order valence-electron chi connectivity index (χ4n) is 3.10. The van der Waals surface area contributed by atoms with Crippen molar-refractivity contribution in [3.05, 3.63) is 62.0 Å². The number of para-hydroxylation sites is 1. The van der Waals surface area contributed by atoms with E-state index < -0.39 is 4.92 Å². The minimum absolute atomic E-state index is 0.0369. The number of nitro groups is 1. The summed E-state index contributed by atoms with van der Waals surface area (Å²) in [4.78, 5) is 10.6. The first-order chi connectivity index (χ1) is 13.1. The predicted molar refractivity (Wildman–Crippen MR) is 103 cm³/mol. The molecule has 0 saturated heterocycles. The minimum Gasteiger partial charge on any atom is -0.282 e. The van der Waals surface area contributed by atoms with Crippen LogP contribution >= 0.6 is 12.2 Å². The van der Waals surface area contributed by atoms with Gasteiger partial charge in [-0.15, -0.1) is 0 Å². The van der Waals surface area contributed by atoms with Crippen molar-refractivity contribution >= 4 is 30.2 Å². The molecule has 1 aromatic carbocycles. The van der Waals surface area contributed by atoms with Gasteiger partial charge in [0, 0.05) is 23.5 Å². The molecule has 3 aromatic rings. The molecule has 0 bridgehead atoms. The molecule has 0 unspecified atom stereocenters. The maximum atomic E-state index is 11.1. The van der Waals surface area contributed by atoms with Crippen LogP contribution in [0, 0.1) is 14.9 Å². The number of rotatable bonds is 5. The molecule has 0 atom stereocenters. The number of hydrogen-bond acceptors (Lipinski definition) is 6. The van der Waals surface area contributed by atoms with Crippen LogP contribution in [0.1, 0.15) is 23.2 Å². The summed E-state index contributed by atoms with van der Waals surface area (Å²) in [6.07, 6.45) is 7.77. The lowest BCUT2D eigenvalue weighted by atomic mass is 10.2. The first-order valence-electron chi connectivity index (χ1n) is 8.33. The van der Waals surface area contributed by atoms with E-state index in [0.717, 1.165) is 36.2 Å². The van der Waals surface area contributed by atoms with Gasteiger partial charge in [-0.2, -0.15) is 20.0 Å². The Morgan fingerprint density at radius 1 is 1.26 bits per heavy atom. The van der Waals surface area contributed by atoms with Crippen LogP contribution in [-0.2, 0) is 12.8 Å². The Balaban J connectivity index is 1.62. The van der Waals surface area contributed by atoms with Crippen LogP contribution in [-0.4, -0.2) is 36.2 Å². The third-order valence-electron chi connectivity index (χ3n) is 4.35. The van der Waals surface area contributed by atoms with Crippen LogP contribution in [0.3, 0.4) is 0 Å². The highest BCUT2D eigenvalue weighted by atomic mass is 32.1. The van der Waals surface area contributed by atoms with Crippen LogP contribution in [0.2, 0.25) is 0 Å². The molecule has 0 amide bonds. The number of hydrogen-bond donors (Lipinski definition) is 2. The fourth-order valence-corrected chi connectivity index (χ4v) is 3.28. The van der Waals surface area contributed by atoms with Crippen LogP contribution < -0.4 is 0 Å². The molecule has 9 nitrogen and oxygen atoms in total. The predicted octanol–water partition coefficient (Wildman–Crippen LogP) is 3.27. The Bertz CT molecular complexity index is 1120. The molecule has 0 radical (unpaired) electrons. The van der Waals surface area contributed by atoms with Gasteiger partial charge in [-0.3, -0.25) is 15.2 Å². The monoisotopic (exact) mass is 381 g/mol. The zero-order valence-electron chi connectivity index (χ0n) is 14.1. The third kappa shape index (κ3) is 3.22. The van der Waals surface area contributed by atoms with Gasteiger partial charge in [-0.05, 0) is 49.7 Å². The first kappa shape index (κ1) is 17.0. The summed E-state index contributed by atoms with van der Waals surface area (Å²) in [6, 6.07) is 6.50. The maximum Gasteiger partial charge on any atom is 0.276 e. The van der Waals surface area contributed by atoms with Gasteiger partial charge in [0.25, 0.3) is 5.69 Å². The second-order valence-corrected chi connectivity index (χ2v) is 6.37. The largest absolute Gasteiger partial charge is 0.282 e. The molecule has 1 aliphatic carbocycles. The second kappa shape index (κ2) is 7.08. The summed E-state index contributed by atoms with van der Waals surface area (Å²) in [5.41, 5.74) is 3.56. The maximum absolute atomic E-state index is 11.1. The van der Waals surface area contributed by atoms with Crippen molar-refractivity contribution in [2.75, 3.05) is 0 Å². The zero-order chi connectivity index (χ0) is 18.8. The Labute approximate surface area is 158 Å². The lowest BCUT2D eigenvalue weighted by Crippen LogP contribution is -1.96. The smallest absolute Gasteiger partial charge is 0.276 e. The van der Waals surface area contributed by atoms with Gasteiger partial charge in [-0.25, -0.2) is 5.10 Å². The van der Waals surface area contributed by atoms with Gasteiger partial charge >= 0.3 is 0 Å². The van der Waals surface area contributed by atoms with Crippen molar-refractivity contribution in [2.24, 2.45) is 5.10 Å². The van der Waals surface area contributed by atoms with Gasteiger partial charge in [-0.1, -0.05) is 12.1 Å². The molecule has 0 aliphatic heterocycles. The fraction of sp³-hybridized carbons (Fsp3) is 0.176. The van der Waals surface area contributed by atoms with Gasteiger partial charge in [0.15, 0.2) is 0 Å². The highest BCUT2D eigenvalue weighted by Gasteiger charge is 2.23. The van der Waals surface area contributed by atoms with Crippen LogP contribution in [0.5, 0.6) is 0 Å². The molecule has 10 heteroatoms. The number of benzene rings is 1. The summed E-state index contributed by atoms with van der Waals surface area (Å²) in [5, 5.41) is 29.7. The molecule has 27 heavy (non-hydrogen) atoms. The number of nitrogens with zero attached hydrogens (tertiary/aromatic N) is 5. The average Bonchev–Trinajstić information content (AvgIpc) is 3.35. The number of allylic oxidation sites excluding steroid dienone is 1. The van der Waals surface area contributed by atoms with E-state index in [2.05, 4.69) is 25.5 Å². The Kier molecular flexibility index (Phi) is 4.47. The highest BCUT2D eigenvalue weighted by Crippen LogP contribution is 2.29. The van der Waals surface area contributed by atoms with Gasteiger partial charge in [0.1, 0.15) is 5.69 Å². The van der Waals surface area contributed by atoms with E-state index in [1.807, 2.05) is 0 Å². The van der Waals surface area contributed by atoms with Gasteiger partial charge in [0.05, 0.1) is 10.5 Å². The molecule has 4 rings (SSSR count). The van der Waals surface area contributed by atoms with E-state index in [0.29, 0.717) is 16.2 Å². The zero-order valence-corrected chi connectivity index (χ0v) is 14.9. The van der Waals surface area contributed by atoms with Crippen molar-refractivity contribution in [2.45, 2.75) is 19.3 Å². The number of nitro benzene ring substituents is 1. The molecule has 0 saturated carbocycles. The second-order valence-electron chi connectivity index (χ2n) is 5.99. The molecule has 2 N–H and O–H groups in total. The number of fused-ring (bicyclic) bond motifs is 1. The van der Waals surface area contributed by atoms with E-state index in [1.54, 1.807) is 30.4 Å². The van der Waals surface area contributed by atoms with E-state index >= 15 is 0 Å². The standard InChI is InChI=1S/C17H15N7O2S/c25-24(26)14-9-2-1-5-11(14)6-4-10-18-23-16(21-22-17(23)27)15-12-7-3-8-13(12)19-20-15/h1-2,4-6,9-10H,3,7-8H2,(H,19,20)(H,22,27)/b6-4+,18-10-. The van der Waals surface area contributed by atoms with Crippen molar-refractivity contribution in [1.29, 1.82) is 0 Å². The topological polar surface area (TPSA) is 118 Å². The molecular formula is C17H15N7O2S. The highest BCUT2D eigenvalue weighted by molar-refractivity contribution is 7.71. The number of aryl methyl sites for hydroxylation is 1. The number of aromatic amines is 2. The van der Waals surface area contributed by atoms with E-state index in [4.69, 9.17) is 12.2 Å². The summed E-state index contributed by atoms with van der Waals surface area (Å²) < 4.78 is 1.84. The molecule has 1 aliphatic rings. The van der Waals surface area contributed by atoms with Crippen LogP contribution in [0.25, 0.3) is 17.6 Å². The summed E-state index contributed by atoms with van der Waals surface area (Å²) in [6.45, 7) is 0. The van der Waals surface area contributed by atoms with Gasteiger partial charge in [0.2, 0.25) is 10.6 Å². The molecule has 136 valence electrons. The van der Waals surface area contributed by atoms with Crippen LogP contribution in [0.4, 0.5) is 5.69 Å². The van der Waals surface area contributed by atoms with Crippen molar-refractivity contribution in [1.82, 2.24) is 25.1 Å². The molecule has 2 aromatic heterocycles. The van der Waals surface area contributed by atoms with Crippen LogP contribution in [0.15, 0.2) is 35.4 Å². The molecule has 0 spiro atoms. The van der Waals surface area contributed by atoms with Crippen molar-refractivity contribution in [3.8, 4) is 11.5 Å². The SMILES string of the molecule is O=[N+]([O-])c1ccccc1/C=C/C=N\n1c(-c2n[nH]c3c2CCC3)n[nH]c1=S. The van der Waals surface area contributed by atoms with Crippen molar-refractivity contribution < 1.29 is 4.92 Å². The van der Waals surface area contributed by atoms with Gasteiger partial charge < -0.3 is 0 Å². The summed E-state index contributed by atoms with van der Waals surface area (Å²) in [7, 11) is 0. The Hall–Kier alpha value is -3.40. The minimum atomic E-state index is -0.417. The quantitative estimate of drug-likeness (QED) is 0.304. The summed E-state index contributed by atoms with van der Waals surface area (Å²) >= 11 is 5.25. The number of H-pyrrole nitrogens is 2. The lowest BCUT2D eigenvalue weighted by molar-refractivity contribution is -0.385. The molecule has 0 fully saturated rings. The first-order valence-corrected chi connectivity index (χ1v) is 8.74. The van der Waals surface area contributed by atoms with E-state index in [1.165, 1.54) is 17.0 Å². The Morgan fingerprint density at radius 3 is 2.96 bits per heavy atom. The normalized spacial score (nSPS) is 13.6. The molecular weight excluding hydrogens is 366 g/mol. The van der Waals surface area contributed by atoms with Crippen molar-refractivity contribution in [3.63, 3.8) is 0 Å². The number of aromatic nitrogens is 5. The van der Waals surface area contributed by atoms with E-state index in [-0.39, 0.29) is 5.69 Å². The Morgan fingerprint density at radius 2 is 2.11 bits per heavy atom. The molecule has 2 heterocycles. The number of nitrogens with one attached hydrogen (secondary N) is 2. The average molecular weight is 381 g/mol. The lowest BCUT2D eigenvalue weighted by Gasteiger charge is -1.99.